The molecule has 2 unspecified atom stereocenters. The highest BCUT2D eigenvalue weighted by atomic mass is 16.5. The molecule has 2 amide bonds. The Balaban J connectivity index is 1.36. The monoisotopic (exact) mass is 461 g/mol. The minimum atomic E-state index is -1.46. The van der Waals surface area contributed by atoms with Crippen LogP contribution in [0.3, 0.4) is 0 Å². The van der Waals surface area contributed by atoms with Gasteiger partial charge in [-0.25, -0.2) is 14.6 Å². The Morgan fingerprint density at radius 3 is 2.15 bits per heavy atom. The molecule has 9 heteroatoms. The number of rotatable bonds is 7. The van der Waals surface area contributed by atoms with Gasteiger partial charge in [-0.1, -0.05) is 48.5 Å². The molecule has 0 aliphatic heterocycles. The lowest BCUT2D eigenvalue weighted by molar-refractivity contribution is -0.141. The fourth-order valence-electron chi connectivity index (χ4n) is 3.96. The fraction of sp³-hybridized carbons (Fsp3) is 0.200. The maximum atomic E-state index is 12.4. The van der Waals surface area contributed by atoms with Crippen LogP contribution < -0.4 is 10.6 Å². The molecule has 2 atom stereocenters. The lowest BCUT2D eigenvalue weighted by Gasteiger charge is -2.16. The van der Waals surface area contributed by atoms with Crippen LogP contribution in [0.2, 0.25) is 0 Å². The third-order valence-electron chi connectivity index (χ3n) is 5.62. The van der Waals surface area contributed by atoms with Crippen molar-refractivity contribution in [2.75, 3.05) is 11.9 Å². The first kappa shape index (κ1) is 22.9. The topological polar surface area (TPSA) is 138 Å². The van der Waals surface area contributed by atoms with Crippen LogP contribution in [0.15, 0.2) is 66.9 Å². The highest BCUT2D eigenvalue weighted by molar-refractivity contribution is 5.95. The van der Waals surface area contributed by atoms with Gasteiger partial charge in [0.05, 0.1) is 18.0 Å². The van der Waals surface area contributed by atoms with E-state index in [-0.39, 0.29) is 18.2 Å². The molecule has 34 heavy (non-hydrogen) atoms. The van der Waals surface area contributed by atoms with E-state index in [2.05, 4.69) is 27.8 Å². The number of hydrogen-bond donors (Lipinski definition) is 4. The number of pyridine rings is 1. The van der Waals surface area contributed by atoms with Crippen molar-refractivity contribution < 1.29 is 29.3 Å². The Bertz CT molecular complexity index is 1180. The van der Waals surface area contributed by atoms with E-state index in [0.717, 1.165) is 22.3 Å². The van der Waals surface area contributed by atoms with Gasteiger partial charge in [0.25, 0.3) is 5.91 Å². The molecular formula is C25H23N3O6. The van der Waals surface area contributed by atoms with Gasteiger partial charge >= 0.3 is 12.1 Å². The molecular weight excluding hydrogens is 438 g/mol. The molecule has 0 saturated carbocycles. The number of amides is 2. The molecule has 0 bridgehead atoms. The summed E-state index contributed by atoms with van der Waals surface area (Å²) < 4.78 is 5.48. The molecule has 2 aromatic carbocycles. The number of aromatic nitrogens is 1. The fourth-order valence-corrected chi connectivity index (χ4v) is 3.96. The summed E-state index contributed by atoms with van der Waals surface area (Å²) in [7, 11) is 0. The predicted molar refractivity (Wildman–Crippen MR) is 123 cm³/mol. The van der Waals surface area contributed by atoms with Crippen LogP contribution in [0.4, 0.5) is 10.5 Å². The number of hydrogen-bond acceptors (Lipinski definition) is 6. The van der Waals surface area contributed by atoms with E-state index in [4.69, 9.17) is 9.84 Å². The maximum absolute atomic E-state index is 12.4. The largest absolute Gasteiger partial charge is 0.480 e. The van der Waals surface area contributed by atoms with Gasteiger partial charge in [0.2, 0.25) is 0 Å². The van der Waals surface area contributed by atoms with Gasteiger partial charge in [-0.05, 0) is 41.3 Å². The molecule has 1 heterocycles. The van der Waals surface area contributed by atoms with Crippen molar-refractivity contribution in [3.63, 3.8) is 0 Å². The summed E-state index contributed by atoms with van der Waals surface area (Å²) in [5.74, 6) is -2.20. The number of aliphatic hydroxyl groups is 1. The third kappa shape index (κ3) is 4.74. The Hall–Kier alpha value is -4.24. The Kier molecular flexibility index (Phi) is 6.55. The van der Waals surface area contributed by atoms with E-state index in [1.807, 2.05) is 36.4 Å². The van der Waals surface area contributed by atoms with Crippen molar-refractivity contribution in [3.8, 4) is 11.1 Å². The molecule has 1 aliphatic carbocycles. The summed E-state index contributed by atoms with van der Waals surface area (Å²) in [6.45, 7) is 1.41. The van der Waals surface area contributed by atoms with Crippen LogP contribution in [0, 0.1) is 0 Å². The standard InChI is InChI=1S/C25H23N3O6/c1-14(29)22(24(31)32)28-23(30)21-11-10-15(12-26-21)27-25(33)34-13-20-18-8-4-2-6-16(18)17-7-3-5-9-19(17)20/h2-12,14,20,22,29H,13H2,1H3,(H,27,33)(H,28,30)(H,31,32). The first-order valence-corrected chi connectivity index (χ1v) is 10.6. The van der Waals surface area contributed by atoms with Crippen molar-refractivity contribution in [3.05, 3.63) is 83.7 Å². The van der Waals surface area contributed by atoms with Gasteiger partial charge in [-0.2, -0.15) is 0 Å². The van der Waals surface area contributed by atoms with Gasteiger partial charge in [0, 0.05) is 5.92 Å². The van der Waals surface area contributed by atoms with Crippen LogP contribution in [0.1, 0.15) is 34.5 Å². The quantitative estimate of drug-likeness (QED) is 0.424. The summed E-state index contributed by atoms with van der Waals surface area (Å²) in [6, 6.07) is 17.4. The van der Waals surface area contributed by atoms with Crippen molar-refractivity contribution in [1.29, 1.82) is 0 Å². The zero-order valence-corrected chi connectivity index (χ0v) is 18.3. The number of nitrogens with one attached hydrogen (secondary N) is 2. The lowest BCUT2D eigenvalue weighted by atomic mass is 9.98. The zero-order valence-electron chi connectivity index (χ0n) is 18.3. The van der Waals surface area contributed by atoms with Crippen LogP contribution >= 0.6 is 0 Å². The first-order valence-electron chi connectivity index (χ1n) is 10.6. The molecule has 9 nitrogen and oxygen atoms in total. The van der Waals surface area contributed by atoms with Gasteiger partial charge in [-0.15, -0.1) is 0 Å². The van der Waals surface area contributed by atoms with Crippen LogP contribution in [-0.4, -0.2) is 51.9 Å². The van der Waals surface area contributed by atoms with Crippen LogP contribution in [-0.2, 0) is 9.53 Å². The number of aliphatic hydroxyl groups excluding tert-OH is 1. The third-order valence-corrected chi connectivity index (χ3v) is 5.62. The number of carboxylic acids is 1. The van der Waals surface area contributed by atoms with E-state index in [1.54, 1.807) is 0 Å². The lowest BCUT2D eigenvalue weighted by Crippen LogP contribution is -2.47. The molecule has 0 radical (unpaired) electrons. The molecule has 1 aliphatic rings. The molecule has 4 rings (SSSR count). The van der Waals surface area contributed by atoms with E-state index in [1.165, 1.54) is 25.3 Å². The number of carbonyl (C=O) groups excluding carboxylic acids is 2. The number of benzene rings is 2. The first-order chi connectivity index (χ1) is 16.3. The molecule has 0 saturated heterocycles. The summed E-state index contributed by atoms with van der Waals surface area (Å²) in [4.78, 5) is 39.6. The van der Waals surface area contributed by atoms with Gasteiger partial charge in [0.1, 0.15) is 12.3 Å². The SMILES string of the molecule is CC(O)C(NC(=O)c1ccc(NC(=O)OCC2c3ccccc3-c3ccccc32)cn1)C(=O)O. The second-order valence-electron chi connectivity index (χ2n) is 7.91. The summed E-state index contributed by atoms with van der Waals surface area (Å²) in [5.41, 5.74) is 4.71. The number of nitrogens with zero attached hydrogens (tertiary/aromatic N) is 1. The normalized spacial score (nSPS) is 13.8. The molecule has 174 valence electrons. The smallest absolute Gasteiger partial charge is 0.411 e. The van der Waals surface area contributed by atoms with Crippen molar-refractivity contribution in [2.24, 2.45) is 0 Å². The number of carboxylic acid groups (broad SMARTS) is 1. The summed E-state index contributed by atoms with van der Waals surface area (Å²) >= 11 is 0. The van der Waals surface area contributed by atoms with Gasteiger partial charge in [-0.3, -0.25) is 10.1 Å². The summed E-state index contributed by atoms with van der Waals surface area (Å²) in [6.07, 6.45) is -0.689. The van der Waals surface area contributed by atoms with Crippen molar-refractivity contribution in [1.82, 2.24) is 10.3 Å². The minimum Gasteiger partial charge on any atom is -0.480 e. The predicted octanol–water partition coefficient (Wildman–Crippen LogP) is 3.01. The number of ether oxygens (including phenoxy) is 1. The van der Waals surface area contributed by atoms with Crippen LogP contribution in [0.5, 0.6) is 0 Å². The second-order valence-corrected chi connectivity index (χ2v) is 7.91. The van der Waals surface area contributed by atoms with Crippen molar-refractivity contribution in [2.45, 2.75) is 25.0 Å². The number of carbonyl (C=O) groups is 3. The average Bonchev–Trinajstić information content (AvgIpc) is 3.15. The van der Waals surface area contributed by atoms with Crippen molar-refractivity contribution >= 4 is 23.7 Å². The Labute approximate surface area is 195 Å². The number of fused-ring (bicyclic) bond motifs is 3. The maximum Gasteiger partial charge on any atom is 0.411 e. The molecule has 4 N–H and O–H groups in total. The molecule has 0 fully saturated rings. The van der Waals surface area contributed by atoms with E-state index >= 15 is 0 Å². The molecule has 1 aromatic heterocycles. The van der Waals surface area contributed by atoms with E-state index in [0.29, 0.717) is 5.69 Å². The second kappa shape index (κ2) is 9.72. The van der Waals surface area contributed by atoms with E-state index in [9.17, 15) is 19.5 Å². The highest BCUT2D eigenvalue weighted by Crippen LogP contribution is 2.44. The van der Waals surface area contributed by atoms with Crippen LogP contribution in [0.25, 0.3) is 11.1 Å². The van der Waals surface area contributed by atoms with Gasteiger partial charge < -0.3 is 20.3 Å². The number of anilines is 1. The summed E-state index contributed by atoms with van der Waals surface area (Å²) in [5, 5.41) is 23.3. The van der Waals surface area contributed by atoms with E-state index < -0.39 is 30.1 Å². The number of aliphatic carboxylic acids is 1. The minimum absolute atomic E-state index is 0.0648. The Morgan fingerprint density at radius 1 is 1.00 bits per heavy atom. The molecule has 3 aromatic rings. The highest BCUT2D eigenvalue weighted by Gasteiger charge is 2.29. The van der Waals surface area contributed by atoms with Gasteiger partial charge in [0.15, 0.2) is 6.04 Å². The zero-order chi connectivity index (χ0) is 24.2. The Morgan fingerprint density at radius 2 is 1.62 bits per heavy atom. The average molecular weight is 461 g/mol. The molecule has 0 spiro atoms.